The van der Waals surface area contributed by atoms with Gasteiger partial charge in [-0.15, -0.1) is 0 Å². The summed E-state index contributed by atoms with van der Waals surface area (Å²) in [5, 5.41) is 10.4. The van der Waals surface area contributed by atoms with Crippen LogP contribution in [0.15, 0.2) is 0 Å². The van der Waals surface area contributed by atoms with Gasteiger partial charge in [0.15, 0.2) is 0 Å². The van der Waals surface area contributed by atoms with E-state index in [1.807, 2.05) is 0 Å². The van der Waals surface area contributed by atoms with Gasteiger partial charge in [-0.05, 0) is 45.2 Å². The smallest absolute Gasteiger partial charge is 0.114 e. The zero-order chi connectivity index (χ0) is 19.3. The summed E-state index contributed by atoms with van der Waals surface area (Å²) in [6.07, 6.45) is 16.1. The molecule has 172 valence electrons. The number of unbranched alkanes of at least 4 members (excludes halogenated alkanes) is 5. The average Bonchev–Trinajstić information content (AvgIpc) is 2.66. The van der Waals surface area contributed by atoms with E-state index in [-0.39, 0.29) is 24.8 Å². The second-order valence-corrected chi connectivity index (χ2v) is 8.79. The van der Waals surface area contributed by atoms with Gasteiger partial charge in [0.05, 0.1) is 13.1 Å². The van der Waals surface area contributed by atoms with Crippen LogP contribution in [0.1, 0.15) is 105 Å². The van der Waals surface area contributed by atoms with Crippen LogP contribution in [-0.4, -0.2) is 37.8 Å². The van der Waals surface area contributed by atoms with Crippen LogP contribution in [0.25, 0.3) is 0 Å². The quantitative estimate of drug-likeness (QED) is 0.265. The van der Waals surface area contributed by atoms with Crippen molar-refractivity contribution in [2.75, 3.05) is 20.1 Å². The first kappa shape index (κ1) is 30.7. The topological polar surface area (TPSA) is 40.7 Å². The molecule has 0 aromatic heterocycles. The van der Waals surface area contributed by atoms with E-state index in [9.17, 15) is 0 Å². The number of rotatable bonds is 15. The summed E-state index contributed by atoms with van der Waals surface area (Å²) >= 11 is 0. The lowest BCUT2D eigenvalue weighted by Crippen LogP contribution is -3.00. The highest BCUT2D eigenvalue weighted by molar-refractivity contribution is 5.01. The first-order chi connectivity index (χ1) is 12.6. The number of hydrogen-bond donors (Lipinski definition) is 3. The Morgan fingerprint density at radius 1 is 0.893 bits per heavy atom. The van der Waals surface area contributed by atoms with Crippen molar-refractivity contribution in [1.82, 2.24) is 10.6 Å². The maximum absolute atomic E-state index is 4.00. The molecule has 3 nitrogen and oxygen atoms in total. The third-order valence-corrected chi connectivity index (χ3v) is 6.92. The van der Waals surface area contributed by atoms with Crippen LogP contribution in [-0.2, 0) is 0 Å². The minimum atomic E-state index is 0. The molecule has 1 aliphatic carbocycles. The van der Waals surface area contributed by atoms with Crippen molar-refractivity contribution in [3.05, 3.63) is 0 Å². The van der Waals surface area contributed by atoms with Gasteiger partial charge in [-0.25, -0.2) is 0 Å². The summed E-state index contributed by atoms with van der Waals surface area (Å²) in [4.78, 5) is 0. The van der Waals surface area contributed by atoms with Crippen LogP contribution in [0, 0.1) is 5.92 Å². The van der Waals surface area contributed by atoms with Crippen molar-refractivity contribution in [1.29, 1.82) is 0 Å². The molecule has 0 bridgehead atoms. The number of likely N-dealkylation sites (N-methyl/N-ethyl adjacent to an activating group) is 1. The van der Waals surface area contributed by atoms with Gasteiger partial charge in [-0.3, -0.25) is 0 Å². The molecule has 4 atom stereocenters. The van der Waals surface area contributed by atoms with Crippen LogP contribution >= 0.6 is 0 Å². The minimum Gasteiger partial charge on any atom is -1.00 e. The molecule has 4 N–H and O–H groups in total. The normalized spacial score (nSPS) is 25.6. The summed E-state index contributed by atoms with van der Waals surface area (Å²) in [7, 11) is 2.34. The van der Waals surface area contributed by atoms with Gasteiger partial charge < -0.3 is 40.8 Å². The molecule has 1 rings (SSSR count). The molecule has 28 heavy (non-hydrogen) atoms. The maximum atomic E-state index is 4.00. The van der Waals surface area contributed by atoms with Crippen LogP contribution in [0.5, 0.6) is 0 Å². The van der Waals surface area contributed by atoms with Crippen molar-refractivity contribution in [3.8, 4) is 0 Å². The molecule has 0 aromatic rings. The highest BCUT2D eigenvalue weighted by Gasteiger charge is 2.49. The molecule has 0 saturated heterocycles. The number of quaternary nitrogens is 1. The van der Waals surface area contributed by atoms with Gasteiger partial charge in [0.1, 0.15) is 5.54 Å². The summed E-state index contributed by atoms with van der Waals surface area (Å²) in [6.45, 7) is 11.8. The van der Waals surface area contributed by atoms with Crippen LogP contribution in [0.4, 0.5) is 0 Å². The Balaban J connectivity index is 0. The summed E-state index contributed by atoms with van der Waals surface area (Å²) in [5.41, 5.74) is 0.392. The van der Waals surface area contributed by atoms with Gasteiger partial charge in [-0.2, -0.15) is 0 Å². The van der Waals surface area contributed by atoms with Gasteiger partial charge in [0.25, 0.3) is 0 Å². The zero-order valence-electron chi connectivity index (χ0n) is 19.5. The van der Waals surface area contributed by atoms with Gasteiger partial charge >= 0.3 is 0 Å². The molecule has 0 heterocycles. The minimum absolute atomic E-state index is 0. The molecule has 5 heteroatoms. The standard InChI is InChI=1S/C23H49N3.2ClH/c1-6-9-12-13-14-20(4)23(24-5)16-15-21(25-17-10-7-2)19-22(23)26-18-11-8-3;;/h20-22,24-26H,6-19H2,1-5H3;2*1H/p-1. The number of nitrogens with one attached hydrogen (secondary N) is 2. The van der Waals surface area contributed by atoms with E-state index < -0.39 is 0 Å². The molecule has 1 aliphatic rings. The third kappa shape index (κ3) is 9.98. The van der Waals surface area contributed by atoms with Gasteiger partial charge in [0.2, 0.25) is 0 Å². The second kappa shape index (κ2) is 18.2. The summed E-state index contributed by atoms with van der Waals surface area (Å²) in [5.74, 6) is 0.792. The Labute approximate surface area is 189 Å². The summed E-state index contributed by atoms with van der Waals surface area (Å²) in [6, 6.07) is 1.36. The Bertz CT molecular complexity index is 344. The number of halogens is 2. The SMILES string of the molecule is CCCCCCC(C)C1([NH2+]C)CCC(NCCCC)CC1NCCCC.[Cl-].[Cl-]. The predicted molar refractivity (Wildman–Crippen MR) is 116 cm³/mol. The van der Waals surface area contributed by atoms with E-state index >= 15 is 0 Å². The van der Waals surface area contributed by atoms with Crippen molar-refractivity contribution >= 4 is 0 Å². The predicted octanol–water partition coefficient (Wildman–Crippen LogP) is -1.77. The van der Waals surface area contributed by atoms with Crippen molar-refractivity contribution in [3.63, 3.8) is 0 Å². The molecule has 4 unspecified atom stereocenters. The van der Waals surface area contributed by atoms with E-state index in [2.05, 4.69) is 50.7 Å². The highest BCUT2D eigenvalue weighted by Crippen LogP contribution is 2.34. The molecule has 0 radical (unpaired) electrons. The first-order valence-electron chi connectivity index (χ1n) is 11.9. The van der Waals surface area contributed by atoms with Crippen molar-refractivity contribution < 1.29 is 30.1 Å². The fourth-order valence-corrected chi connectivity index (χ4v) is 4.98. The molecule has 1 fully saturated rings. The molecule has 0 amide bonds. The van der Waals surface area contributed by atoms with E-state index in [0.717, 1.165) is 5.92 Å². The van der Waals surface area contributed by atoms with Crippen molar-refractivity contribution in [2.24, 2.45) is 5.92 Å². The molecule has 0 aliphatic heterocycles. The van der Waals surface area contributed by atoms with Crippen molar-refractivity contribution in [2.45, 2.75) is 122 Å². The van der Waals surface area contributed by atoms with Crippen LogP contribution < -0.4 is 40.8 Å². The van der Waals surface area contributed by atoms with E-state index in [1.165, 1.54) is 90.1 Å². The Kier molecular flexibility index (Phi) is 20.0. The fourth-order valence-electron chi connectivity index (χ4n) is 4.98. The Morgan fingerprint density at radius 2 is 1.50 bits per heavy atom. The molecule has 0 aromatic carbocycles. The van der Waals surface area contributed by atoms with E-state index in [0.29, 0.717) is 17.6 Å². The van der Waals surface area contributed by atoms with Gasteiger partial charge in [0, 0.05) is 18.4 Å². The van der Waals surface area contributed by atoms with Crippen LogP contribution in [0.3, 0.4) is 0 Å². The van der Waals surface area contributed by atoms with E-state index in [1.54, 1.807) is 0 Å². The highest BCUT2D eigenvalue weighted by atomic mass is 35.5. The molecular formula is C23H50Cl2N3-. The lowest BCUT2D eigenvalue weighted by Gasteiger charge is -2.48. The maximum Gasteiger partial charge on any atom is 0.114 e. The van der Waals surface area contributed by atoms with Crippen LogP contribution in [0.2, 0.25) is 0 Å². The molecule has 1 saturated carbocycles. The average molecular weight is 440 g/mol. The lowest BCUT2D eigenvalue weighted by atomic mass is 9.67. The van der Waals surface area contributed by atoms with Gasteiger partial charge in [-0.1, -0.05) is 66.2 Å². The first-order valence-corrected chi connectivity index (χ1v) is 11.9. The zero-order valence-corrected chi connectivity index (χ0v) is 21.0. The monoisotopic (exact) mass is 438 g/mol. The molecular weight excluding hydrogens is 389 g/mol. The number of hydrogen-bond acceptors (Lipinski definition) is 2. The molecule has 0 spiro atoms. The Hall–Kier alpha value is 0.460. The van der Waals surface area contributed by atoms with E-state index in [4.69, 9.17) is 0 Å². The second-order valence-electron chi connectivity index (χ2n) is 8.79. The Morgan fingerprint density at radius 3 is 2.07 bits per heavy atom. The largest absolute Gasteiger partial charge is 1.00 e. The third-order valence-electron chi connectivity index (χ3n) is 6.92. The number of nitrogens with two attached hydrogens (primary N) is 1. The summed E-state index contributed by atoms with van der Waals surface area (Å²) < 4.78 is 0. The fraction of sp³-hybridized carbons (Fsp3) is 1.00. The lowest BCUT2D eigenvalue weighted by molar-refractivity contribution is -0.718.